The highest BCUT2D eigenvalue weighted by molar-refractivity contribution is 5.87. The van der Waals surface area contributed by atoms with Crippen LogP contribution in [-0.4, -0.2) is 31.1 Å². The second kappa shape index (κ2) is 7.27. The monoisotopic (exact) mass is 244 g/mol. The van der Waals surface area contributed by atoms with Gasteiger partial charge in [0.05, 0.1) is 13.2 Å². The Labute approximate surface area is 103 Å². The molecule has 100 valence electrons. The predicted molar refractivity (Wildman–Crippen MR) is 66.2 cm³/mol. The second-order valence-corrected chi connectivity index (χ2v) is 4.66. The Hall–Kier alpha value is -1.10. The van der Waals surface area contributed by atoms with Gasteiger partial charge in [-0.15, -0.1) is 0 Å². The lowest BCUT2D eigenvalue weighted by molar-refractivity contribution is -0.146. The molecule has 0 aromatic heterocycles. The number of amides is 1. The van der Waals surface area contributed by atoms with Crippen molar-refractivity contribution in [1.29, 1.82) is 0 Å². The molecule has 0 aromatic carbocycles. The highest BCUT2D eigenvalue weighted by Crippen LogP contribution is 2.08. The molecule has 0 aliphatic heterocycles. The third-order valence-corrected chi connectivity index (χ3v) is 2.98. The van der Waals surface area contributed by atoms with Crippen LogP contribution in [0, 0.1) is 11.8 Å². The standard InChI is InChI=1S/C12H24N2O3/c1-6-8(4)9(13)11(15)14-10(7(2)3)12(16)17-5/h7-10H,6,13H2,1-5H3,(H,14,15). The van der Waals surface area contributed by atoms with E-state index in [2.05, 4.69) is 10.1 Å². The number of nitrogens with one attached hydrogen (secondary N) is 1. The summed E-state index contributed by atoms with van der Waals surface area (Å²) in [6, 6.07) is -1.23. The van der Waals surface area contributed by atoms with Gasteiger partial charge < -0.3 is 15.8 Å². The molecule has 5 heteroatoms. The molecule has 0 fully saturated rings. The lowest BCUT2D eigenvalue weighted by atomic mass is 9.98. The SMILES string of the molecule is CCC(C)C(N)C(=O)NC(C(=O)OC)C(C)C. The number of carbonyl (C=O) groups is 2. The molecule has 0 rings (SSSR count). The smallest absolute Gasteiger partial charge is 0.328 e. The molecule has 17 heavy (non-hydrogen) atoms. The van der Waals surface area contributed by atoms with E-state index in [0.29, 0.717) is 0 Å². The number of esters is 1. The Bertz CT molecular complexity index is 266. The van der Waals surface area contributed by atoms with Crippen molar-refractivity contribution in [3.8, 4) is 0 Å². The third kappa shape index (κ3) is 4.73. The summed E-state index contributed by atoms with van der Waals surface area (Å²) in [4.78, 5) is 23.3. The van der Waals surface area contributed by atoms with E-state index in [1.165, 1.54) is 7.11 Å². The maximum absolute atomic E-state index is 11.8. The van der Waals surface area contributed by atoms with Crippen LogP contribution in [0.3, 0.4) is 0 Å². The first-order valence-corrected chi connectivity index (χ1v) is 5.98. The summed E-state index contributed by atoms with van der Waals surface area (Å²) in [6.07, 6.45) is 0.819. The van der Waals surface area contributed by atoms with E-state index in [-0.39, 0.29) is 17.7 Å². The molecule has 0 aliphatic carbocycles. The van der Waals surface area contributed by atoms with Gasteiger partial charge in [-0.2, -0.15) is 0 Å². The van der Waals surface area contributed by atoms with Gasteiger partial charge in [-0.25, -0.2) is 4.79 Å². The minimum absolute atomic E-state index is 0.0319. The van der Waals surface area contributed by atoms with Gasteiger partial charge in [0.15, 0.2) is 0 Å². The molecule has 3 N–H and O–H groups in total. The number of hydrogen-bond donors (Lipinski definition) is 2. The first-order chi connectivity index (χ1) is 7.84. The topological polar surface area (TPSA) is 81.4 Å². The summed E-state index contributed by atoms with van der Waals surface area (Å²) >= 11 is 0. The van der Waals surface area contributed by atoms with Gasteiger partial charge in [0.1, 0.15) is 6.04 Å². The van der Waals surface area contributed by atoms with Crippen LogP contribution >= 0.6 is 0 Å². The predicted octanol–water partition coefficient (Wildman–Crippen LogP) is 0.674. The zero-order chi connectivity index (χ0) is 13.6. The van der Waals surface area contributed by atoms with E-state index in [1.54, 1.807) is 0 Å². The lowest BCUT2D eigenvalue weighted by Gasteiger charge is -2.24. The second-order valence-electron chi connectivity index (χ2n) is 4.66. The van der Waals surface area contributed by atoms with Crippen LogP contribution in [0.1, 0.15) is 34.1 Å². The first kappa shape index (κ1) is 15.9. The molecule has 0 heterocycles. The van der Waals surface area contributed by atoms with E-state index in [4.69, 9.17) is 5.73 Å². The number of nitrogens with two attached hydrogens (primary N) is 1. The average Bonchev–Trinajstić information content (AvgIpc) is 2.32. The maximum Gasteiger partial charge on any atom is 0.328 e. The van der Waals surface area contributed by atoms with Crippen LogP contribution in [0.25, 0.3) is 0 Å². The van der Waals surface area contributed by atoms with E-state index in [0.717, 1.165) is 6.42 Å². The fraction of sp³-hybridized carbons (Fsp3) is 0.833. The van der Waals surface area contributed by atoms with Gasteiger partial charge in [0.25, 0.3) is 0 Å². The number of carbonyl (C=O) groups excluding carboxylic acids is 2. The summed E-state index contributed by atoms with van der Waals surface area (Å²) < 4.78 is 4.65. The molecule has 0 saturated carbocycles. The molecule has 1 amide bonds. The molecular weight excluding hydrogens is 220 g/mol. The van der Waals surface area contributed by atoms with Crippen LogP contribution in [0.2, 0.25) is 0 Å². The van der Waals surface area contributed by atoms with Crippen molar-refractivity contribution >= 4 is 11.9 Å². The van der Waals surface area contributed by atoms with Gasteiger partial charge in [0, 0.05) is 0 Å². The van der Waals surface area contributed by atoms with Gasteiger partial charge in [-0.3, -0.25) is 4.79 Å². The van der Waals surface area contributed by atoms with Crippen LogP contribution in [-0.2, 0) is 14.3 Å². The van der Waals surface area contributed by atoms with E-state index < -0.39 is 18.1 Å². The Kier molecular flexibility index (Phi) is 6.80. The van der Waals surface area contributed by atoms with Crippen molar-refractivity contribution in [2.75, 3.05) is 7.11 Å². The zero-order valence-corrected chi connectivity index (χ0v) is 11.3. The molecule has 0 bridgehead atoms. The summed E-state index contributed by atoms with van der Waals surface area (Å²) in [5.74, 6) is -0.691. The third-order valence-electron chi connectivity index (χ3n) is 2.98. The zero-order valence-electron chi connectivity index (χ0n) is 11.3. The molecular formula is C12H24N2O3. The molecule has 0 radical (unpaired) electrons. The molecule has 0 aromatic rings. The van der Waals surface area contributed by atoms with Gasteiger partial charge >= 0.3 is 5.97 Å². The highest BCUT2D eigenvalue weighted by Gasteiger charge is 2.28. The molecule has 3 unspecified atom stereocenters. The minimum atomic E-state index is -0.636. The quantitative estimate of drug-likeness (QED) is 0.673. The van der Waals surface area contributed by atoms with Gasteiger partial charge in [-0.1, -0.05) is 34.1 Å². The number of hydrogen-bond acceptors (Lipinski definition) is 4. The van der Waals surface area contributed by atoms with Gasteiger partial charge in [0.2, 0.25) is 5.91 Å². The van der Waals surface area contributed by atoms with E-state index in [9.17, 15) is 9.59 Å². The summed E-state index contributed by atoms with van der Waals surface area (Å²) in [5.41, 5.74) is 5.80. The maximum atomic E-state index is 11.8. The Morgan fingerprint density at radius 2 is 1.82 bits per heavy atom. The molecule has 0 aliphatic rings. The fourth-order valence-electron chi connectivity index (χ4n) is 1.39. The number of methoxy groups -OCH3 is 1. The van der Waals surface area contributed by atoms with Crippen LogP contribution in [0.5, 0.6) is 0 Å². The lowest BCUT2D eigenvalue weighted by Crippen LogP contribution is -2.52. The number of rotatable bonds is 6. The van der Waals surface area contributed by atoms with E-state index in [1.807, 2.05) is 27.7 Å². The largest absolute Gasteiger partial charge is 0.467 e. The Morgan fingerprint density at radius 1 is 1.29 bits per heavy atom. The average molecular weight is 244 g/mol. The van der Waals surface area contributed by atoms with Gasteiger partial charge in [-0.05, 0) is 11.8 Å². The summed E-state index contributed by atoms with van der Waals surface area (Å²) in [7, 11) is 1.30. The Balaban J connectivity index is 4.56. The highest BCUT2D eigenvalue weighted by atomic mass is 16.5. The van der Waals surface area contributed by atoms with E-state index >= 15 is 0 Å². The minimum Gasteiger partial charge on any atom is -0.467 e. The van der Waals surface area contributed by atoms with Crippen molar-refractivity contribution in [2.24, 2.45) is 17.6 Å². The number of ether oxygens (including phenoxy) is 1. The molecule has 3 atom stereocenters. The van der Waals surface area contributed by atoms with Crippen molar-refractivity contribution in [2.45, 2.75) is 46.2 Å². The van der Waals surface area contributed by atoms with Crippen molar-refractivity contribution in [3.05, 3.63) is 0 Å². The molecule has 5 nitrogen and oxygen atoms in total. The normalized spacial score (nSPS) is 16.2. The first-order valence-electron chi connectivity index (χ1n) is 5.98. The Morgan fingerprint density at radius 3 is 2.18 bits per heavy atom. The van der Waals surface area contributed by atoms with Crippen LogP contribution in [0.4, 0.5) is 0 Å². The summed E-state index contributed by atoms with van der Waals surface area (Å²) in [6.45, 7) is 7.57. The van der Waals surface area contributed by atoms with Crippen molar-refractivity contribution in [3.63, 3.8) is 0 Å². The molecule has 0 saturated heterocycles. The van der Waals surface area contributed by atoms with Crippen LogP contribution in [0.15, 0.2) is 0 Å². The fourth-order valence-corrected chi connectivity index (χ4v) is 1.39. The van der Waals surface area contributed by atoms with Crippen molar-refractivity contribution < 1.29 is 14.3 Å². The summed E-state index contributed by atoms with van der Waals surface area (Å²) in [5, 5.41) is 2.64. The van der Waals surface area contributed by atoms with Crippen LogP contribution < -0.4 is 11.1 Å². The molecule has 0 spiro atoms. The van der Waals surface area contributed by atoms with Crippen molar-refractivity contribution in [1.82, 2.24) is 5.32 Å².